The number of hydrogen-bond acceptors (Lipinski definition) is 2. The Kier molecular flexibility index (Phi) is 4.29. The molecule has 1 rings (SSSR count). The highest BCUT2D eigenvalue weighted by molar-refractivity contribution is 9.11. The second kappa shape index (κ2) is 5.28. The lowest BCUT2D eigenvalue weighted by Crippen LogP contribution is -1.99. The molecule has 1 unspecified atom stereocenters. The fraction of sp³-hybridized carbons (Fsp3) is 0.273. The topological polar surface area (TPSA) is 29.5 Å². The average Bonchev–Trinajstić information content (AvgIpc) is 2.14. The average molecular weight is 275 g/mol. The van der Waals surface area contributed by atoms with Crippen molar-refractivity contribution in [2.24, 2.45) is 0 Å². The van der Waals surface area contributed by atoms with Gasteiger partial charge in [0.1, 0.15) is 18.2 Å². The Hall–Kier alpha value is -0.870. The molecule has 0 aliphatic rings. The van der Waals surface area contributed by atoms with Gasteiger partial charge in [-0.2, -0.15) is 0 Å². The van der Waals surface area contributed by atoms with Crippen LogP contribution in [0, 0.1) is 5.82 Å². The van der Waals surface area contributed by atoms with Crippen molar-refractivity contribution in [3.8, 4) is 5.75 Å². The molecule has 0 fully saturated rings. The van der Waals surface area contributed by atoms with Crippen LogP contribution in [0.4, 0.5) is 4.39 Å². The van der Waals surface area contributed by atoms with E-state index in [-0.39, 0.29) is 12.2 Å². The lowest BCUT2D eigenvalue weighted by molar-refractivity contribution is 0.194. The van der Waals surface area contributed by atoms with Gasteiger partial charge in [-0.15, -0.1) is 0 Å². The van der Waals surface area contributed by atoms with Gasteiger partial charge in [0.25, 0.3) is 0 Å². The fourth-order valence-electron chi connectivity index (χ4n) is 1.10. The summed E-state index contributed by atoms with van der Waals surface area (Å²) in [6.07, 6.45) is -0.815. The molecule has 0 saturated heterocycles. The number of aliphatic hydroxyl groups is 1. The molecule has 4 heteroatoms. The van der Waals surface area contributed by atoms with E-state index in [1.807, 2.05) is 0 Å². The van der Waals surface area contributed by atoms with E-state index < -0.39 is 11.9 Å². The number of hydrogen-bond donors (Lipinski definition) is 1. The van der Waals surface area contributed by atoms with Crippen molar-refractivity contribution in [1.82, 2.24) is 0 Å². The van der Waals surface area contributed by atoms with Gasteiger partial charge in [0.2, 0.25) is 0 Å². The summed E-state index contributed by atoms with van der Waals surface area (Å²) in [5.74, 6) is -0.0554. The minimum Gasteiger partial charge on any atom is -0.488 e. The Morgan fingerprint density at radius 3 is 2.80 bits per heavy atom. The number of benzene rings is 1. The third-order valence-corrected chi connectivity index (χ3v) is 2.05. The van der Waals surface area contributed by atoms with Gasteiger partial charge in [0.15, 0.2) is 0 Å². The Morgan fingerprint density at radius 2 is 2.33 bits per heavy atom. The standard InChI is InChI=1S/C11H12BrFO2/c1-7(12)6-15-9-3-4-10(8(2)14)11(13)5-9/h3-5,8,14H,1,6H2,2H3. The second-order valence-corrected chi connectivity index (χ2v) is 4.29. The Morgan fingerprint density at radius 1 is 1.67 bits per heavy atom. The number of halogens is 2. The molecule has 0 aromatic heterocycles. The van der Waals surface area contributed by atoms with Crippen molar-refractivity contribution in [2.75, 3.05) is 6.61 Å². The van der Waals surface area contributed by atoms with E-state index in [0.717, 1.165) is 0 Å². The van der Waals surface area contributed by atoms with Crippen LogP contribution in [0.2, 0.25) is 0 Å². The van der Waals surface area contributed by atoms with Gasteiger partial charge in [-0.05, 0) is 19.1 Å². The molecule has 15 heavy (non-hydrogen) atoms. The highest BCUT2D eigenvalue weighted by Gasteiger charge is 2.08. The zero-order valence-corrected chi connectivity index (χ0v) is 9.92. The van der Waals surface area contributed by atoms with Gasteiger partial charge in [0, 0.05) is 16.1 Å². The highest BCUT2D eigenvalue weighted by atomic mass is 79.9. The van der Waals surface area contributed by atoms with E-state index in [1.54, 1.807) is 6.07 Å². The molecule has 1 atom stereocenters. The molecule has 1 aromatic carbocycles. The first-order valence-electron chi connectivity index (χ1n) is 4.44. The molecule has 0 bridgehead atoms. The lowest BCUT2D eigenvalue weighted by atomic mass is 10.1. The van der Waals surface area contributed by atoms with Gasteiger partial charge < -0.3 is 9.84 Å². The molecule has 0 aliphatic heterocycles. The first kappa shape index (κ1) is 12.2. The smallest absolute Gasteiger partial charge is 0.132 e. The summed E-state index contributed by atoms with van der Waals surface area (Å²) in [4.78, 5) is 0. The third-order valence-electron chi connectivity index (χ3n) is 1.82. The molecule has 2 nitrogen and oxygen atoms in total. The van der Waals surface area contributed by atoms with Crippen LogP contribution < -0.4 is 4.74 Å². The van der Waals surface area contributed by atoms with Crippen LogP contribution in [0.5, 0.6) is 5.75 Å². The van der Waals surface area contributed by atoms with Gasteiger partial charge in [-0.25, -0.2) is 4.39 Å². The van der Waals surface area contributed by atoms with E-state index in [1.165, 1.54) is 19.1 Å². The Bertz CT molecular complexity index is 364. The normalized spacial score (nSPS) is 12.3. The molecule has 0 spiro atoms. The number of rotatable bonds is 4. The zero-order chi connectivity index (χ0) is 11.4. The molecular formula is C11H12BrFO2. The predicted molar refractivity (Wildman–Crippen MR) is 60.6 cm³/mol. The summed E-state index contributed by atoms with van der Waals surface area (Å²) >= 11 is 3.13. The summed E-state index contributed by atoms with van der Waals surface area (Å²) in [6.45, 7) is 5.39. The van der Waals surface area contributed by atoms with Crippen LogP contribution in [0.1, 0.15) is 18.6 Å². The Labute approximate surface area is 96.5 Å². The molecule has 0 saturated carbocycles. The maximum atomic E-state index is 13.4. The van der Waals surface area contributed by atoms with Crippen molar-refractivity contribution >= 4 is 15.9 Å². The van der Waals surface area contributed by atoms with Crippen LogP contribution in [0.15, 0.2) is 29.3 Å². The highest BCUT2D eigenvalue weighted by Crippen LogP contribution is 2.22. The van der Waals surface area contributed by atoms with E-state index in [4.69, 9.17) is 4.74 Å². The van der Waals surface area contributed by atoms with Crippen molar-refractivity contribution in [2.45, 2.75) is 13.0 Å². The first-order valence-corrected chi connectivity index (χ1v) is 5.23. The molecule has 0 amide bonds. The first-order chi connectivity index (χ1) is 7.00. The van der Waals surface area contributed by atoms with Crippen LogP contribution in [0.3, 0.4) is 0 Å². The molecule has 0 heterocycles. The summed E-state index contributed by atoms with van der Waals surface area (Å²) in [5.41, 5.74) is 0.264. The molecule has 82 valence electrons. The summed E-state index contributed by atoms with van der Waals surface area (Å²) < 4.78 is 19.2. The summed E-state index contributed by atoms with van der Waals surface area (Å²) in [6, 6.07) is 4.37. The van der Waals surface area contributed by atoms with E-state index in [0.29, 0.717) is 10.2 Å². The van der Waals surface area contributed by atoms with Gasteiger partial charge in [0.05, 0.1) is 6.10 Å². The maximum absolute atomic E-state index is 13.4. The van der Waals surface area contributed by atoms with Crippen LogP contribution in [0.25, 0.3) is 0 Å². The predicted octanol–water partition coefficient (Wildman–Crippen LogP) is 3.17. The Balaban J connectivity index is 2.77. The van der Waals surface area contributed by atoms with Gasteiger partial charge in [-0.3, -0.25) is 0 Å². The SMILES string of the molecule is C=C(Br)COc1ccc(C(C)O)c(F)c1. The van der Waals surface area contributed by atoms with Gasteiger partial charge in [-0.1, -0.05) is 22.5 Å². The minimum absolute atomic E-state index is 0.264. The summed E-state index contributed by atoms with van der Waals surface area (Å²) in [5, 5.41) is 9.21. The number of ether oxygens (including phenoxy) is 1. The minimum atomic E-state index is -0.815. The van der Waals surface area contributed by atoms with Gasteiger partial charge >= 0.3 is 0 Å². The quantitative estimate of drug-likeness (QED) is 0.914. The second-order valence-electron chi connectivity index (χ2n) is 3.17. The van der Waals surface area contributed by atoms with E-state index in [9.17, 15) is 9.50 Å². The zero-order valence-electron chi connectivity index (χ0n) is 8.34. The molecule has 0 radical (unpaired) electrons. The lowest BCUT2D eigenvalue weighted by Gasteiger charge is -2.09. The van der Waals surface area contributed by atoms with Crippen molar-refractivity contribution < 1.29 is 14.2 Å². The maximum Gasteiger partial charge on any atom is 0.132 e. The van der Waals surface area contributed by atoms with E-state index >= 15 is 0 Å². The third kappa shape index (κ3) is 3.64. The van der Waals surface area contributed by atoms with Crippen LogP contribution >= 0.6 is 15.9 Å². The van der Waals surface area contributed by atoms with Crippen molar-refractivity contribution in [3.63, 3.8) is 0 Å². The fourth-order valence-corrected chi connectivity index (χ4v) is 1.21. The number of aliphatic hydroxyl groups excluding tert-OH is 1. The monoisotopic (exact) mass is 274 g/mol. The van der Waals surface area contributed by atoms with Crippen LogP contribution in [-0.2, 0) is 0 Å². The van der Waals surface area contributed by atoms with Crippen molar-refractivity contribution in [1.29, 1.82) is 0 Å². The van der Waals surface area contributed by atoms with E-state index in [2.05, 4.69) is 22.5 Å². The molecule has 1 aromatic rings. The molecular weight excluding hydrogens is 263 g/mol. The van der Waals surface area contributed by atoms with Crippen molar-refractivity contribution in [3.05, 3.63) is 40.6 Å². The van der Waals surface area contributed by atoms with Crippen LogP contribution in [-0.4, -0.2) is 11.7 Å². The molecule has 0 aliphatic carbocycles. The molecule has 1 N–H and O–H groups in total. The largest absolute Gasteiger partial charge is 0.488 e. The summed E-state index contributed by atoms with van der Waals surface area (Å²) in [7, 11) is 0.